The monoisotopic (exact) mass is 577 g/mol. The van der Waals surface area contributed by atoms with E-state index in [4.69, 9.17) is 17.2 Å². The van der Waals surface area contributed by atoms with Gasteiger partial charge < -0.3 is 43.2 Å². The Morgan fingerprint density at radius 2 is 1.60 bits per heavy atom. The topological polar surface area (TPSA) is 236 Å². The highest BCUT2D eigenvalue weighted by atomic mass is 32.2. The Morgan fingerprint density at radius 3 is 2.25 bits per heavy atom. The third kappa shape index (κ3) is 10.2. The van der Waals surface area contributed by atoms with Gasteiger partial charge in [-0.05, 0) is 55.9 Å². The number of fused-ring (bicyclic) bond motifs is 1. The fourth-order valence-corrected chi connectivity index (χ4v) is 4.58. The predicted octanol–water partition coefficient (Wildman–Crippen LogP) is -0.666. The number of nitrogens with one attached hydrogen (secondary N) is 4. The number of aliphatic carboxylic acids is 1. The number of aromatic amines is 1. The van der Waals surface area contributed by atoms with E-state index in [1.807, 2.05) is 30.5 Å². The number of benzene rings is 1. The summed E-state index contributed by atoms with van der Waals surface area (Å²) in [6.45, 7) is 0.382. The van der Waals surface area contributed by atoms with E-state index in [1.165, 1.54) is 11.8 Å². The summed E-state index contributed by atoms with van der Waals surface area (Å²) in [4.78, 5) is 65.8. The molecule has 1 heterocycles. The maximum Gasteiger partial charge on any atom is 0.326 e. The van der Waals surface area contributed by atoms with Gasteiger partial charge in [0, 0.05) is 23.5 Å². The summed E-state index contributed by atoms with van der Waals surface area (Å²) in [5.41, 5.74) is 18.2. The highest BCUT2D eigenvalue weighted by Crippen LogP contribution is 2.19. The summed E-state index contributed by atoms with van der Waals surface area (Å²) in [6.07, 6.45) is 4.61. The van der Waals surface area contributed by atoms with Gasteiger partial charge in [0.15, 0.2) is 0 Å². The zero-order valence-corrected chi connectivity index (χ0v) is 23.3. The van der Waals surface area contributed by atoms with Gasteiger partial charge in [-0.2, -0.15) is 11.8 Å². The van der Waals surface area contributed by atoms with Crippen molar-refractivity contribution in [2.24, 2.45) is 17.2 Å². The van der Waals surface area contributed by atoms with E-state index < -0.39 is 60.2 Å². The predicted molar refractivity (Wildman–Crippen MR) is 153 cm³/mol. The van der Waals surface area contributed by atoms with Crippen molar-refractivity contribution >= 4 is 52.3 Å². The molecule has 13 nitrogen and oxygen atoms in total. The van der Waals surface area contributed by atoms with Crippen LogP contribution in [0.1, 0.15) is 37.7 Å². The maximum absolute atomic E-state index is 13.4. The van der Waals surface area contributed by atoms with Gasteiger partial charge in [-0.3, -0.25) is 19.2 Å². The van der Waals surface area contributed by atoms with Crippen LogP contribution in [0.5, 0.6) is 0 Å². The van der Waals surface area contributed by atoms with Gasteiger partial charge in [-0.25, -0.2) is 4.79 Å². The number of amides is 4. The van der Waals surface area contributed by atoms with Gasteiger partial charge in [0.1, 0.15) is 18.1 Å². The Morgan fingerprint density at radius 1 is 0.950 bits per heavy atom. The van der Waals surface area contributed by atoms with Gasteiger partial charge in [-0.1, -0.05) is 18.2 Å². The second kappa shape index (κ2) is 16.5. The number of carbonyl (C=O) groups is 5. The van der Waals surface area contributed by atoms with Gasteiger partial charge in [0.25, 0.3) is 0 Å². The van der Waals surface area contributed by atoms with E-state index >= 15 is 0 Å². The number of carboxylic acid groups (broad SMARTS) is 1. The number of primary amides is 1. The number of para-hydroxylation sites is 1. The summed E-state index contributed by atoms with van der Waals surface area (Å²) < 4.78 is 0. The number of carbonyl (C=O) groups excluding carboxylic acids is 4. The molecule has 0 fully saturated rings. The van der Waals surface area contributed by atoms with E-state index in [-0.39, 0.29) is 12.8 Å². The maximum atomic E-state index is 13.4. The second-order valence-electron chi connectivity index (χ2n) is 9.43. The lowest BCUT2D eigenvalue weighted by molar-refractivity contribution is -0.142. The van der Waals surface area contributed by atoms with Crippen molar-refractivity contribution in [1.29, 1.82) is 0 Å². The first-order chi connectivity index (χ1) is 19.1. The zero-order chi connectivity index (χ0) is 29.7. The Bertz CT molecular complexity index is 1170. The normalized spacial score (nSPS) is 14.1. The first kappa shape index (κ1) is 32.6. The molecule has 40 heavy (non-hydrogen) atoms. The molecule has 0 radical (unpaired) electrons. The summed E-state index contributed by atoms with van der Waals surface area (Å²) >= 11 is 1.50. The molecule has 4 amide bonds. The molecule has 0 aliphatic heterocycles. The number of nitrogens with two attached hydrogens (primary N) is 3. The van der Waals surface area contributed by atoms with Crippen LogP contribution >= 0.6 is 11.8 Å². The molecule has 14 heteroatoms. The Labute approximate surface area is 236 Å². The number of H-pyrrole nitrogens is 1. The molecular formula is C26H39N7O6S. The van der Waals surface area contributed by atoms with E-state index in [9.17, 15) is 29.1 Å². The number of carboxylic acids is 1. The Kier molecular flexibility index (Phi) is 13.4. The molecule has 0 spiro atoms. The van der Waals surface area contributed by atoms with Gasteiger partial charge >= 0.3 is 5.97 Å². The van der Waals surface area contributed by atoms with E-state index in [0.29, 0.717) is 37.1 Å². The second-order valence-corrected chi connectivity index (χ2v) is 10.4. The fraction of sp³-hybridized carbons (Fsp3) is 0.500. The molecule has 0 saturated carbocycles. The standard InChI is InChI=1S/C26H39N7O6S/c1-40-11-9-17(28)23(35)32-21(13-22(29)34)25(37)33-20(12-15-14-30-18-7-3-2-6-16(15)18)24(36)31-19(26(38)39)8-4-5-10-27/h2-3,6-7,14,17,19-21,30H,4-5,8-13,27-28H2,1H3,(H2,29,34)(H,31,36)(H,32,35)(H,33,37)(H,38,39). The minimum Gasteiger partial charge on any atom is -0.480 e. The van der Waals surface area contributed by atoms with Gasteiger partial charge in [0.05, 0.1) is 12.5 Å². The molecule has 0 bridgehead atoms. The van der Waals surface area contributed by atoms with Crippen LogP contribution in [-0.4, -0.2) is 82.4 Å². The van der Waals surface area contributed by atoms with Crippen LogP contribution in [0.25, 0.3) is 10.9 Å². The summed E-state index contributed by atoms with van der Waals surface area (Å²) in [6, 6.07) is 2.63. The first-order valence-electron chi connectivity index (χ1n) is 13.0. The molecule has 0 saturated heterocycles. The molecule has 220 valence electrons. The molecular weight excluding hydrogens is 538 g/mol. The van der Waals surface area contributed by atoms with Crippen molar-refractivity contribution in [3.05, 3.63) is 36.0 Å². The van der Waals surface area contributed by atoms with Crippen LogP contribution in [0.15, 0.2) is 30.5 Å². The zero-order valence-electron chi connectivity index (χ0n) is 22.5. The van der Waals surface area contributed by atoms with Crippen LogP contribution in [0.4, 0.5) is 0 Å². The lowest BCUT2D eigenvalue weighted by Gasteiger charge is -2.25. The van der Waals surface area contributed by atoms with E-state index in [0.717, 1.165) is 10.9 Å². The minimum absolute atomic E-state index is 0.00119. The van der Waals surface area contributed by atoms with Crippen LogP contribution in [0.3, 0.4) is 0 Å². The quantitative estimate of drug-likeness (QED) is 0.105. The number of thioether (sulfide) groups is 1. The lowest BCUT2D eigenvalue weighted by atomic mass is 10.0. The number of hydrogen-bond donors (Lipinski definition) is 8. The third-order valence-corrected chi connectivity index (χ3v) is 6.95. The van der Waals surface area contributed by atoms with Crippen LogP contribution in [0, 0.1) is 0 Å². The van der Waals surface area contributed by atoms with Crippen molar-refractivity contribution < 1.29 is 29.1 Å². The van der Waals surface area contributed by atoms with E-state index in [2.05, 4.69) is 20.9 Å². The third-order valence-electron chi connectivity index (χ3n) is 6.30. The molecule has 11 N–H and O–H groups in total. The van der Waals surface area contributed by atoms with Gasteiger partial charge in [0.2, 0.25) is 23.6 Å². The molecule has 4 atom stereocenters. The number of unbranched alkanes of at least 4 members (excludes halogenated alkanes) is 1. The average molecular weight is 578 g/mol. The van der Waals surface area contributed by atoms with Crippen LogP contribution in [0.2, 0.25) is 0 Å². The summed E-state index contributed by atoms with van der Waals surface area (Å²) in [7, 11) is 0. The molecule has 0 aliphatic carbocycles. The van der Waals surface area contributed by atoms with Gasteiger partial charge in [-0.15, -0.1) is 0 Å². The molecule has 2 rings (SSSR count). The van der Waals surface area contributed by atoms with Crippen LogP contribution < -0.4 is 33.2 Å². The average Bonchev–Trinajstić information content (AvgIpc) is 3.32. The highest BCUT2D eigenvalue weighted by Gasteiger charge is 2.31. The van der Waals surface area contributed by atoms with Crippen molar-refractivity contribution in [1.82, 2.24) is 20.9 Å². The molecule has 0 aliphatic rings. The van der Waals surface area contributed by atoms with Crippen molar-refractivity contribution in [3.63, 3.8) is 0 Å². The first-order valence-corrected chi connectivity index (χ1v) is 14.4. The number of hydrogen-bond acceptors (Lipinski definition) is 8. The number of aromatic nitrogens is 1. The fourth-order valence-electron chi connectivity index (χ4n) is 4.09. The highest BCUT2D eigenvalue weighted by molar-refractivity contribution is 7.98. The molecule has 2 aromatic rings. The molecule has 1 aromatic heterocycles. The largest absolute Gasteiger partial charge is 0.480 e. The smallest absolute Gasteiger partial charge is 0.326 e. The van der Waals surface area contributed by atoms with Crippen LogP contribution in [-0.2, 0) is 30.4 Å². The SMILES string of the molecule is CSCCC(N)C(=O)NC(CC(N)=O)C(=O)NC(Cc1c[nH]c2ccccc12)C(=O)NC(CCCCN)C(=O)O. The summed E-state index contributed by atoms with van der Waals surface area (Å²) in [5.74, 6) is -3.66. The van der Waals surface area contributed by atoms with E-state index in [1.54, 1.807) is 6.20 Å². The molecule has 1 aromatic carbocycles. The Balaban J connectivity index is 2.29. The van der Waals surface area contributed by atoms with Crippen molar-refractivity contribution in [2.75, 3.05) is 18.6 Å². The van der Waals surface area contributed by atoms with Crippen molar-refractivity contribution in [3.8, 4) is 0 Å². The lowest BCUT2D eigenvalue weighted by Crippen LogP contribution is -2.58. The minimum atomic E-state index is -1.39. The Hall–Kier alpha value is -3.62. The van der Waals surface area contributed by atoms with Crippen molar-refractivity contribution in [2.45, 2.75) is 62.7 Å². The number of rotatable bonds is 18. The molecule has 4 unspecified atom stereocenters. The summed E-state index contributed by atoms with van der Waals surface area (Å²) in [5, 5.41) is 18.0.